The highest BCUT2D eigenvalue weighted by Crippen LogP contribution is 2.42. The molecule has 1 radical (unpaired) electrons. The molecule has 0 spiro atoms. The van der Waals surface area contributed by atoms with Gasteiger partial charge in [-0.3, -0.25) is 0 Å². The molecule has 4 rings (SSSR count). The van der Waals surface area contributed by atoms with E-state index >= 15 is 0 Å². The molecule has 0 aliphatic rings. The van der Waals surface area contributed by atoms with Gasteiger partial charge < -0.3 is 0 Å². The highest BCUT2D eigenvalue weighted by atomic mass is 14.4. The minimum absolute atomic E-state index is 0.0184. The number of hydrogen-bond donors (Lipinski definition) is 0. The first-order chi connectivity index (χ1) is 13.3. The van der Waals surface area contributed by atoms with Gasteiger partial charge in [0, 0.05) is 5.41 Å². The lowest BCUT2D eigenvalue weighted by atomic mass is 9.68. The molecule has 0 saturated carbocycles. The quantitative estimate of drug-likeness (QED) is 0.334. The summed E-state index contributed by atoms with van der Waals surface area (Å²) in [6, 6.07) is 31.3. The second-order valence-electron chi connectivity index (χ2n) is 7.56. The first-order valence-electron chi connectivity index (χ1n) is 10.0. The van der Waals surface area contributed by atoms with Crippen LogP contribution in [0.25, 0.3) is 21.5 Å². The molecule has 0 heteroatoms. The van der Waals surface area contributed by atoms with Crippen LogP contribution in [0.3, 0.4) is 0 Å². The van der Waals surface area contributed by atoms with Crippen LogP contribution in [0.1, 0.15) is 43.7 Å². The smallest absolute Gasteiger partial charge is 0.0203 e. The summed E-state index contributed by atoms with van der Waals surface area (Å²) in [5.41, 5.74) is 2.86. The molecule has 0 heterocycles. The molecule has 0 N–H and O–H groups in total. The fourth-order valence-corrected chi connectivity index (χ4v) is 4.57. The van der Waals surface area contributed by atoms with E-state index in [9.17, 15) is 0 Å². The maximum absolute atomic E-state index is 4.23. The third-order valence-corrected chi connectivity index (χ3v) is 5.88. The summed E-state index contributed by atoms with van der Waals surface area (Å²) in [7, 11) is 0. The Hall–Kier alpha value is -2.60. The molecule has 0 saturated heterocycles. The fourth-order valence-electron chi connectivity index (χ4n) is 4.57. The zero-order valence-electron chi connectivity index (χ0n) is 16.1. The molecule has 0 aliphatic carbocycles. The van der Waals surface area contributed by atoms with Gasteiger partial charge in [0.25, 0.3) is 0 Å². The summed E-state index contributed by atoms with van der Waals surface area (Å²) >= 11 is 0. The van der Waals surface area contributed by atoms with E-state index in [-0.39, 0.29) is 5.41 Å². The van der Waals surface area contributed by atoms with Gasteiger partial charge in [-0.1, -0.05) is 112 Å². The molecule has 4 aromatic carbocycles. The van der Waals surface area contributed by atoms with E-state index < -0.39 is 0 Å². The molecule has 0 bridgehead atoms. The number of fused-ring (bicyclic) bond motifs is 2. The average Bonchev–Trinajstić information content (AvgIpc) is 2.73. The summed E-state index contributed by atoms with van der Waals surface area (Å²) in [5, 5.41) is 5.25. The molecule has 27 heavy (non-hydrogen) atoms. The van der Waals surface area contributed by atoms with E-state index in [1.54, 1.807) is 0 Å². The van der Waals surface area contributed by atoms with Gasteiger partial charge in [-0.2, -0.15) is 0 Å². The van der Waals surface area contributed by atoms with Crippen molar-refractivity contribution in [2.24, 2.45) is 0 Å². The number of rotatable bonds is 6. The van der Waals surface area contributed by atoms with Crippen LogP contribution in [-0.4, -0.2) is 0 Å². The van der Waals surface area contributed by atoms with Crippen molar-refractivity contribution in [3.05, 3.63) is 103 Å². The van der Waals surface area contributed by atoms with Crippen LogP contribution >= 0.6 is 0 Å². The summed E-state index contributed by atoms with van der Waals surface area (Å²) in [6.45, 7) is 6.52. The van der Waals surface area contributed by atoms with Gasteiger partial charge in [-0.15, -0.1) is 0 Å². The van der Waals surface area contributed by atoms with Gasteiger partial charge in [0.2, 0.25) is 0 Å². The maximum atomic E-state index is 4.23. The van der Waals surface area contributed by atoms with Gasteiger partial charge >= 0.3 is 0 Å². The van der Waals surface area contributed by atoms with Gasteiger partial charge in [-0.05, 0) is 45.5 Å². The molecule has 4 aromatic rings. The lowest BCUT2D eigenvalue weighted by Crippen LogP contribution is -2.27. The van der Waals surface area contributed by atoms with Crippen LogP contribution in [0.5, 0.6) is 0 Å². The van der Waals surface area contributed by atoms with Crippen LogP contribution in [-0.2, 0) is 5.41 Å². The topological polar surface area (TPSA) is 0 Å². The summed E-state index contributed by atoms with van der Waals surface area (Å²) in [4.78, 5) is 0. The highest BCUT2D eigenvalue weighted by molar-refractivity contribution is 5.85. The first-order valence-corrected chi connectivity index (χ1v) is 10.0. The van der Waals surface area contributed by atoms with E-state index in [0.29, 0.717) is 0 Å². The Morgan fingerprint density at radius 3 is 1.56 bits per heavy atom. The summed E-state index contributed by atoms with van der Waals surface area (Å²) < 4.78 is 0. The molecule has 0 atom stereocenters. The normalized spacial score (nSPS) is 11.9. The zero-order chi connectivity index (χ0) is 18.7. The van der Waals surface area contributed by atoms with E-state index in [0.717, 1.165) is 25.7 Å². The van der Waals surface area contributed by atoms with Crippen molar-refractivity contribution in [3.8, 4) is 0 Å². The van der Waals surface area contributed by atoms with E-state index in [1.807, 2.05) is 0 Å². The van der Waals surface area contributed by atoms with Crippen molar-refractivity contribution in [1.29, 1.82) is 0 Å². The molecular formula is C27H27. The second kappa shape index (κ2) is 7.56. The number of hydrogen-bond acceptors (Lipinski definition) is 0. The molecule has 0 aromatic heterocycles. The van der Waals surface area contributed by atoms with Crippen LogP contribution in [0, 0.1) is 6.92 Å². The van der Waals surface area contributed by atoms with Gasteiger partial charge in [-0.25, -0.2) is 0 Å². The fraction of sp³-hybridized carbons (Fsp3) is 0.222. The van der Waals surface area contributed by atoms with Crippen LogP contribution in [0.4, 0.5) is 0 Å². The van der Waals surface area contributed by atoms with Crippen molar-refractivity contribution in [1.82, 2.24) is 0 Å². The predicted octanol–water partition coefficient (Wildman–Crippen LogP) is 7.69. The van der Waals surface area contributed by atoms with E-state index in [2.05, 4.69) is 98.8 Å². The Kier molecular flexibility index (Phi) is 4.99. The summed E-state index contributed by atoms with van der Waals surface area (Å²) in [6.07, 6.45) is 4.29. The predicted molar refractivity (Wildman–Crippen MR) is 118 cm³/mol. The van der Waals surface area contributed by atoms with E-state index in [1.165, 1.54) is 32.7 Å². The van der Waals surface area contributed by atoms with Gasteiger partial charge in [0.05, 0.1) is 0 Å². The third-order valence-electron chi connectivity index (χ3n) is 5.88. The third kappa shape index (κ3) is 3.25. The van der Waals surface area contributed by atoms with Crippen LogP contribution in [0.15, 0.2) is 84.9 Å². The summed E-state index contributed by atoms with van der Waals surface area (Å²) in [5.74, 6) is 0. The molecule has 0 fully saturated rings. The number of benzene rings is 4. The Labute approximate surface area is 162 Å². The molecule has 0 unspecified atom stereocenters. The lowest BCUT2D eigenvalue weighted by Gasteiger charge is -2.35. The minimum Gasteiger partial charge on any atom is -0.0653 e. The van der Waals surface area contributed by atoms with Crippen molar-refractivity contribution in [2.45, 2.75) is 38.0 Å². The first kappa shape index (κ1) is 17.8. The van der Waals surface area contributed by atoms with Gasteiger partial charge in [0.15, 0.2) is 0 Å². The van der Waals surface area contributed by atoms with Crippen molar-refractivity contribution >= 4 is 21.5 Å². The molecule has 0 nitrogen and oxygen atoms in total. The zero-order valence-corrected chi connectivity index (χ0v) is 16.1. The van der Waals surface area contributed by atoms with Crippen LogP contribution in [0.2, 0.25) is 0 Å². The molecule has 0 amide bonds. The Bertz CT molecular complexity index is 970. The molecule has 0 aliphatic heterocycles. The van der Waals surface area contributed by atoms with Crippen molar-refractivity contribution in [2.75, 3.05) is 0 Å². The Balaban J connectivity index is 1.94. The van der Waals surface area contributed by atoms with Crippen molar-refractivity contribution in [3.63, 3.8) is 0 Å². The minimum atomic E-state index is 0.0184. The Morgan fingerprint density at radius 1 is 0.630 bits per heavy atom. The highest BCUT2D eigenvalue weighted by Gasteiger charge is 2.32. The molecular weight excluding hydrogens is 324 g/mol. The van der Waals surface area contributed by atoms with Crippen molar-refractivity contribution < 1.29 is 0 Å². The SMILES string of the molecule is [CH2]CCC(CCC)(c1ccc2ccccc2c1)c1ccc2ccccc2c1. The largest absolute Gasteiger partial charge is 0.0653 e. The van der Waals surface area contributed by atoms with E-state index in [4.69, 9.17) is 0 Å². The Morgan fingerprint density at radius 2 is 1.11 bits per heavy atom. The van der Waals surface area contributed by atoms with Crippen LogP contribution < -0.4 is 0 Å². The maximum Gasteiger partial charge on any atom is 0.0203 e. The van der Waals surface area contributed by atoms with Gasteiger partial charge in [0.1, 0.15) is 0 Å². The average molecular weight is 352 g/mol. The standard InChI is InChI=1S/C27H27/c1-3-17-27(18-4-2,25-15-13-21-9-5-7-11-23(21)19-25)26-16-14-22-10-6-8-12-24(22)20-26/h5-16,19-20H,1,3-4,17-18H2,2H3. The lowest BCUT2D eigenvalue weighted by molar-refractivity contribution is 0.434. The molecule has 135 valence electrons. The second-order valence-corrected chi connectivity index (χ2v) is 7.56. The monoisotopic (exact) mass is 351 g/mol.